The van der Waals surface area contributed by atoms with E-state index in [0.29, 0.717) is 6.04 Å². The molecule has 0 saturated carbocycles. The lowest BCUT2D eigenvalue weighted by atomic mass is 10.1. The Hall–Kier alpha value is -0.380. The highest BCUT2D eigenvalue weighted by Gasteiger charge is 2.13. The van der Waals surface area contributed by atoms with Crippen LogP contribution < -0.4 is 5.32 Å². The number of halogens is 1. The van der Waals surface area contributed by atoms with Gasteiger partial charge in [-0.05, 0) is 59.3 Å². The van der Waals surface area contributed by atoms with Gasteiger partial charge < -0.3 is 5.32 Å². The molecule has 0 fully saturated rings. The lowest BCUT2D eigenvalue weighted by molar-refractivity contribution is 0.231. The van der Waals surface area contributed by atoms with Crippen molar-refractivity contribution in [2.75, 3.05) is 13.6 Å². The summed E-state index contributed by atoms with van der Waals surface area (Å²) in [5, 5.41) is 3.55. The van der Waals surface area contributed by atoms with Crippen molar-refractivity contribution in [3.05, 3.63) is 34.3 Å². The van der Waals surface area contributed by atoms with Crippen LogP contribution in [0, 0.1) is 0 Å². The van der Waals surface area contributed by atoms with Gasteiger partial charge >= 0.3 is 0 Å². The van der Waals surface area contributed by atoms with E-state index in [9.17, 15) is 0 Å². The maximum absolute atomic E-state index is 3.61. The van der Waals surface area contributed by atoms with Gasteiger partial charge in [0.05, 0.1) is 0 Å². The lowest BCUT2D eigenvalue weighted by Crippen LogP contribution is -2.39. The van der Waals surface area contributed by atoms with Gasteiger partial charge in [-0.25, -0.2) is 0 Å². The van der Waals surface area contributed by atoms with E-state index in [-0.39, 0.29) is 5.54 Å². The molecule has 0 spiro atoms. The fourth-order valence-corrected chi connectivity index (χ4v) is 2.34. The van der Waals surface area contributed by atoms with Gasteiger partial charge in [-0.3, -0.25) is 4.90 Å². The van der Waals surface area contributed by atoms with Gasteiger partial charge in [0.25, 0.3) is 0 Å². The Morgan fingerprint density at radius 1 is 1.26 bits per heavy atom. The van der Waals surface area contributed by atoms with Crippen molar-refractivity contribution in [1.82, 2.24) is 10.2 Å². The topological polar surface area (TPSA) is 15.3 Å². The number of hydrogen-bond acceptors (Lipinski definition) is 2. The van der Waals surface area contributed by atoms with Crippen molar-refractivity contribution in [3.8, 4) is 0 Å². The second-order valence-corrected chi connectivity index (χ2v) is 7.18. The summed E-state index contributed by atoms with van der Waals surface area (Å²) in [7, 11) is 2.20. The Morgan fingerprint density at radius 2 is 1.89 bits per heavy atom. The molecule has 1 N–H and O–H groups in total. The van der Waals surface area contributed by atoms with Crippen molar-refractivity contribution < 1.29 is 0 Å². The monoisotopic (exact) mass is 326 g/mol. The summed E-state index contributed by atoms with van der Waals surface area (Å²) in [6, 6.07) is 9.02. The van der Waals surface area contributed by atoms with Crippen LogP contribution in [0.4, 0.5) is 0 Å². The first-order valence-corrected chi connectivity index (χ1v) is 7.77. The van der Waals surface area contributed by atoms with Crippen molar-refractivity contribution in [3.63, 3.8) is 0 Å². The number of nitrogens with zero attached hydrogens (tertiary/aromatic N) is 1. The molecule has 19 heavy (non-hydrogen) atoms. The second kappa shape index (κ2) is 7.41. The highest BCUT2D eigenvalue weighted by atomic mass is 79.9. The fraction of sp³-hybridized carbons (Fsp3) is 0.625. The molecule has 1 atom stereocenters. The van der Waals surface area contributed by atoms with E-state index < -0.39 is 0 Å². The van der Waals surface area contributed by atoms with Crippen molar-refractivity contribution in [1.29, 1.82) is 0 Å². The average Bonchev–Trinajstić information content (AvgIpc) is 2.30. The molecule has 3 heteroatoms. The highest BCUT2D eigenvalue weighted by molar-refractivity contribution is 9.10. The molecule has 1 aromatic carbocycles. The van der Waals surface area contributed by atoms with Crippen LogP contribution in [0.25, 0.3) is 0 Å². The molecule has 0 aliphatic carbocycles. The van der Waals surface area contributed by atoms with Gasteiger partial charge in [-0.1, -0.05) is 34.1 Å². The number of rotatable bonds is 6. The first-order chi connectivity index (χ1) is 8.79. The molecule has 0 saturated heterocycles. The van der Waals surface area contributed by atoms with Crippen molar-refractivity contribution in [2.24, 2.45) is 0 Å². The fourth-order valence-electron chi connectivity index (χ4n) is 1.93. The maximum Gasteiger partial charge on any atom is 0.0244 e. The second-order valence-electron chi connectivity index (χ2n) is 6.32. The van der Waals surface area contributed by atoms with Crippen LogP contribution in [0.3, 0.4) is 0 Å². The maximum atomic E-state index is 3.61. The lowest BCUT2D eigenvalue weighted by Gasteiger charge is -2.27. The van der Waals surface area contributed by atoms with Gasteiger partial charge in [-0.2, -0.15) is 0 Å². The quantitative estimate of drug-likeness (QED) is 0.848. The zero-order valence-corrected chi connectivity index (χ0v) is 14.4. The Balaban J connectivity index is 2.41. The number of hydrogen-bond donors (Lipinski definition) is 1. The molecule has 1 unspecified atom stereocenters. The molecule has 1 aromatic rings. The predicted octanol–water partition coefficient (Wildman–Crippen LogP) is 4.05. The zero-order valence-electron chi connectivity index (χ0n) is 12.8. The van der Waals surface area contributed by atoms with Crippen LogP contribution in [0.1, 0.15) is 39.7 Å². The normalized spacial score (nSPS) is 13.8. The van der Waals surface area contributed by atoms with Crippen LogP contribution >= 0.6 is 15.9 Å². The molecule has 0 amide bonds. The van der Waals surface area contributed by atoms with E-state index in [0.717, 1.165) is 19.5 Å². The molecule has 0 radical (unpaired) electrons. The summed E-state index contributed by atoms with van der Waals surface area (Å²) in [6.45, 7) is 11.0. The van der Waals surface area contributed by atoms with E-state index in [1.54, 1.807) is 0 Å². The molecule has 0 bridgehead atoms. The Labute approximate surface area is 126 Å². The van der Waals surface area contributed by atoms with Gasteiger partial charge in [0.1, 0.15) is 0 Å². The minimum atomic E-state index is 0.209. The van der Waals surface area contributed by atoms with E-state index in [4.69, 9.17) is 0 Å². The predicted molar refractivity (Wildman–Crippen MR) is 87.4 cm³/mol. The molecule has 108 valence electrons. The van der Waals surface area contributed by atoms with E-state index in [1.807, 2.05) is 0 Å². The molecular weight excluding hydrogens is 300 g/mol. The third-order valence-corrected chi connectivity index (χ3v) is 4.12. The first-order valence-electron chi connectivity index (χ1n) is 6.98. The van der Waals surface area contributed by atoms with Crippen LogP contribution in [-0.4, -0.2) is 30.1 Å². The van der Waals surface area contributed by atoms with E-state index in [2.05, 4.69) is 85.2 Å². The van der Waals surface area contributed by atoms with Crippen molar-refractivity contribution >= 4 is 15.9 Å². The average molecular weight is 327 g/mol. The molecule has 0 aromatic heterocycles. The zero-order chi connectivity index (χ0) is 14.5. The van der Waals surface area contributed by atoms with Gasteiger partial charge in [0.2, 0.25) is 0 Å². The SMILES string of the molecule is CC(CCNC(C)(C)C)N(C)Cc1ccccc1Br. The van der Waals surface area contributed by atoms with Crippen molar-refractivity contribution in [2.45, 2.75) is 52.2 Å². The first kappa shape index (κ1) is 16.7. The molecule has 0 heterocycles. The smallest absolute Gasteiger partial charge is 0.0244 e. The summed E-state index contributed by atoms with van der Waals surface area (Å²) in [5.41, 5.74) is 1.56. The van der Waals surface area contributed by atoms with Gasteiger partial charge in [0, 0.05) is 22.6 Å². The minimum Gasteiger partial charge on any atom is -0.312 e. The summed E-state index contributed by atoms with van der Waals surface area (Å²) in [6.07, 6.45) is 1.16. The summed E-state index contributed by atoms with van der Waals surface area (Å²) in [4.78, 5) is 2.41. The highest BCUT2D eigenvalue weighted by Crippen LogP contribution is 2.18. The Morgan fingerprint density at radius 3 is 2.47 bits per heavy atom. The Bertz CT molecular complexity index is 385. The number of nitrogens with one attached hydrogen (secondary N) is 1. The minimum absolute atomic E-state index is 0.209. The van der Waals surface area contributed by atoms with Crippen LogP contribution in [0.2, 0.25) is 0 Å². The number of benzene rings is 1. The summed E-state index contributed by atoms with van der Waals surface area (Å²) < 4.78 is 1.20. The van der Waals surface area contributed by atoms with Crippen LogP contribution in [0.15, 0.2) is 28.7 Å². The summed E-state index contributed by atoms with van der Waals surface area (Å²) >= 11 is 3.61. The molecule has 1 rings (SSSR count). The Kier molecular flexibility index (Phi) is 6.51. The molecule has 2 nitrogen and oxygen atoms in total. The largest absolute Gasteiger partial charge is 0.312 e. The van der Waals surface area contributed by atoms with Gasteiger partial charge in [-0.15, -0.1) is 0 Å². The standard InChI is InChI=1S/C16H27BrN2/c1-13(10-11-18-16(2,3)4)19(5)12-14-8-6-7-9-15(14)17/h6-9,13,18H,10-12H2,1-5H3. The van der Waals surface area contributed by atoms with E-state index >= 15 is 0 Å². The van der Waals surface area contributed by atoms with E-state index in [1.165, 1.54) is 10.0 Å². The van der Waals surface area contributed by atoms with Crippen LogP contribution in [-0.2, 0) is 6.54 Å². The molecular formula is C16H27BrN2. The third kappa shape index (κ3) is 6.55. The van der Waals surface area contributed by atoms with Crippen LogP contribution in [0.5, 0.6) is 0 Å². The molecule has 0 aliphatic rings. The molecule has 0 aliphatic heterocycles. The van der Waals surface area contributed by atoms with Gasteiger partial charge in [0.15, 0.2) is 0 Å². The summed E-state index contributed by atoms with van der Waals surface area (Å²) in [5.74, 6) is 0. The third-order valence-electron chi connectivity index (χ3n) is 3.35.